The van der Waals surface area contributed by atoms with Crippen molar-refractivity contribution in [2.24, 2.45) is 0 Å². The number of hydrogen-bond acceptors (Lipinski definition) is 3. The lowest BCUT2D eigenvalue weighted by Crippen LogP contribution is -2.56. The van der Waals surface area contributed by atoms with Crippen molar-refractivity contribution >= 4 is 5.91 Å². The lowest BCUT2D eigenvalue weighted by Gasteiger charge is -2.37. The van der Waals surface area contributed by atoms with Gasteiger partial charge in [0, 0.05) is 26.7 Å². The van der Waals surface area contributed by atoms with Crippen molar-refractivity contribution in [1.82, 2.24) is 15.3 Å². The van der Waals surface area contributed by atoms with Crippen LogP contribution in [0.5, 0.6) is 0 Å². The van der Waals surface area contributed by atoms with Crippen molar-refractivity contribution in [3.63, 3.8) is 0 Å². The van der Waals surface area contributed by atoms with Crippen molar-refractivity contribution in [3.05, 3.63) is 0 Å². The number of carbonyl (C=O) groups is 1. The van der Waals surface area contributed by atoms with E-state index in [-0.39, 0.29) is 11.9 Å². The summed E-state index contributed by atoms with van der Waals surface area (Å²) in [6, 6.07) is 0.372. The number of hydrogen-bond donors (Lipinski definition) is 1. The molecule has 14 heavy (non-hydrogen) atoms. The van der Waals surface area contributed by atoms with Gasteiger partial charge in [-0.25, -0.2) is 5.01 Å². The summed E-state index contributed by atoms with van der Waals surface area (Å²) >= 11 is 0. The van der Waals surface area contributed by atoms with E-state index in [0.29, 0.717) is 6.04 Å². The number of nitrogens with one attached hydrogen (secondary N) is 1. The predicted octanol–water partition coefficient (Wildman–Crippen LogP) is 0.452. The van der Waals surface area contributed by atoms with Crippen molar-refractivity contribution in [3.8, 4) is 0 Å². The number of piperidine rings is 1. The molecular formula is C10H21N3O. The molecule has 1 heterocycles. The van der Waals surface area contributed by atoms with E-state index in [0.717, 1.165) is 19.4 Å². The van der Waals surface area contributed by atoms with Gasteiger partial charge in [0.1, 0.15) is 0 Å². The summed E-state index contributed by atoms with van der Waals surface area (Å²) in [6.45, 7) is 4.99. The van der Waals surface area contributed by atoms with Gasteiger partial charge >= 0.3 is 0 Å². The maximum absolute atomic E-state index is 11.9. The van der Waals surface area contributed by atoms with Crippen LogP contribution in [-0.4, -0.2) is 48.6 Å². The maximum atomic E-state index is 11.9. The molecule has 1 N–H and O–H groups in total. The van der Waals surface area contributed by atoms with Crippen LogP contribution in [0.3, 0.4) is 0 Å². The van der Waals surface area contributed by atoms with Gasteiger partial charge in [-0.2, -0.15) is 0 Å². The Morgan fingerprint density at radius 3 is 2.64 bits per heavy atom. The van der Waals surface area contributed by atoms with Crippen LogP contribution in [0.1, 0.15) is 26.7 Å². The highest BCUT2D eigenvalue weighted by Crippen LogP contribution is 2.12. The Hall–Kier alpha value is -0.610. The number of nitrogens with zero attached hydrogens (tertiary/aromatic N) is 2. The minimum Gasteiger partial charge on any atom is -0.304 e. The van der Waals surface area contributed by atoms with Gasteiger partial charge in [-0.15, -0.1) is 0 Å². The molecule has 0 aromatic carbocycles. The largest absolute Gasteiger partial charge is 0.304 e. The van der Waals surface area contributed by atoms with Crippen LogP contribution in [0.2, 0.25) is 0 Å². The number of carbonyl (C=O) groups excluding carboxylic acids is 1. The summed E-state index contributed by atoms with van der Waals surface area (Å²) < 4.78 is 0. The fourth-order valence-corrected chi connectivity index (χ4v) is 1.81. The van der Waals surface area contributed by atoms with Gasteiger partial charge in [0.2, 0.25) is 0 Å². The monoisotopic (exact) mass is 199 g/mol. The summed E-state index contributed by atoms with van der Waals surface area (Å²) in [5.41, 5.74) is 0. The second-order valence-electron chi connectivity index (χ2n) is 4.32. The normalized spacial score (nSPS) is 23.7. The van der Waals surface area contributed by atoms with Gasteiger partial charge < -0.3 is 5.32 Å². The minimum atomic E-state index is 0.00569. The molecule has 1 rings (SSSR count). The second kappa shape index (κ2) is 4.75. The van der Waals surface area contributed by atoms with Gasteiger partial charge in [-0.05, 0) is 12.8 Å². The molecule has 0 aliphatic carbocycles. The topological polar surface area (TPSA) is 35.6 Å². The fraction of sp³-hybridized carbons (Fsp3) is 0.900. The summed E-state index contributed by atoms with van der Waals surface area (Å²) in [6.07, 6.45) is 2.04. The second-order valence-corrected chi connectivity index (χ2v) is 4.32. The van der Waals surface area contributed by atoms with E-state index in [2.05, 4.69) is 19.2 Å². The SMILES string of the molecule is CC(C)NC1CCCN(N(C)C)C1=O. The highest BCUT2D eigenvalue weighted by Gasteiger charge is 2.29. The van der Waals surface area contributed by atoms with Crippen LogP contribution >= 0.6 is 0 Å². The Labute approximate surface area is 86.2 Å². The number of amides is 1. The van der Waals surface area contributed by atoms with E-state index < -0.39 is 0 Å². The summed E-state index contributed by atoms with van der Waals surface area (Å²) in [5, 5.41) is 6.98. The summed E-state index contributed by atoms with van der Waals surface area (Å²) in [4.78, 5) is 11.9. The van der Waals surface area contributed by atoms with Crippen LogP contribution in [0.15, 0.2) is 0 Å². The first-order valence-electron chi connectivity index (χ1n) is 5.27. The first-order chi connectivity index (χ1) is 6.52. The molecule has 0 aromatic rings. The summed E-state index contributed by atoms with van der Waals surface area (Å²) in [7, 11) is 3.82. The van der Waals surface area contributed by atoms with E-state index in [4.69, 9.17) is 0 Å². The standard InChI is InChI=1S/C10H21N3O/c1-8(2)11-9-6-5-7-13(10(9)14)12(3)4/h8-9,11H,5-7H2,1-4H3. The molecule has 4 heteroatoms. The Kier molecular flexibility index (Phi) is 3.89. The molecule has 82 valence electrons. The average molecular weight is 199 g/mol. The van der Waals surface area contributed by atoms with Gasteiger partial charge in [0.25, 0.3) is 5.91 Å². The highest BCUT2D eigenvalue weighted by molar-refractivity contribution is 5.82. The van der Waals surface area contributed by atoms with E-state index in [1.54, 1.807) is 0 Å². The van der Waals surface area contributed by atoms with Gasteiger partial charge in [-0.1, -0.05) is 13.8 Å². The molecule has 1 amide bonds. The van der Waals surface area contributed by atoms with E-state index in [1.165, 1.54) is 0 Å². The molecule has 1 fully saturated rings. The molecule has 0 radical (unpaired) electrons. The zero-order valence-electron chi connectivity index (χ0n) is 9.58. The van der Waals surface area contributed by atoms with Crippen LogP contribution in [0.4, 0.5) is 0 Å². The lowest BCUT2D eigenvalue weighted by molar-refractivity contribution is -0.151. The molecule has 0 bridgehead atoms. The molecule has 1 unspecified atom stereocenters. The van der Waals surface area contributed by atoms with Crippen LogP contribution in [0.25, 0.3) is 0 Å². The highest BCUT2D eigenvalue weighted by atomic mass is 16.2. The first-order valence-corrected chi connectivity index (χ1v) is 5.27. The van der Waals surface area contributed by atoms with E-state index >= 15 is 0 Å². The Balaban J connectivity index is 2.57. The molecule has 4 nitrogen and oxygen atoms in total. The van der Waals surface area contributed by atoms with Crippen LogP contribution in [0, 0.1) is 0 Å². The molecule has 0 aromatic heterocycles. The van der Waals surface area contributed by atoms with Crippen LogP contribution in [-0.2, 0) is 4.79 Å². The van der Waals surface area contributed by atoms with E-state index in [9.17, 15) is 4.79 Å². The average Bonchev–Trinajstić information content (AvgIpc) is 2.07. The Morgan fingerprint density at radius 2 is 2.14 bits per heavy atom. The number of rotatable bonds is 3. The quantitative estimate of drug-likeness (QED) is 0.717. The Morgan fingerprint density at radius 1 is 1.50 bits per heavy atom. The third-order valence-corrected chi connectivity index (χ3v) is 2.43. The predicted molar refractivity (Wildman–Crippen MR) is 56.7 cm³/mol. The molecule has 1 aliphatic rings. The molecular weight excluding hydrogens is 178 g/mol. The molecule has 1 atom stereocenters. The van der Waals surface area contributed by atoms with Gasteiger partial charge in [0.05, 0.1) is 6.04 Å². The molecule has 1 saturated heterocycles. The lowest BCUT2D eigenvalue weighted by atomic mass is 10.1. The van der Waals surface area contributed by atoms with Crippen molar-refractivity contribution in [2.75, 3.05) is 20.6 Å². The minimum absolute atomic E-state index is 0.00569. The van der Waals surface area contributed by atoms with E-state index in [1.807, 2.05) is 24.1 Å². The van der Waals surface area contributed by atoms with Gasteiger partial charge in [0.15, 0.2) is 0 Å². The zero-order chi connectivity index (χ0) is 10.7. The fourth-order valence-electron chi connectivity index (χ4n) is 1.81. The van der Waals surface area contributed by atoms with Crippen molar-refractivity contribution in [2.45, 2.75) is 38.8 Å². The third kappa shape index (κ3) is 2.69. The summed E-state index contributed by atoms with van der Waals surface area (Å²) in [5.74, 6) is 0.204. The van der Waals surface area contributed by atoms with Crippen LogP contribution < -0.4 is 5.32 Å². The smallest absolute Gasteiger partial charge is 0.253 e. The maximum Gasteiger partial charge on any atom is 0.253 e. The zero-order valence-corrected chi connectivity index (χ0v) is 9.58. The van der Waals surface area contributed by atoms with Crippen molar-refractivity contribution in [1.29, 1.82) is 0 Å². The first kappa shape index (κ1) is 11.5. The molecule has 0 saturated carbocycles. The Bertz CT molecular complexity index is 204. The third-order valence-electron chi connectivity index (χ3n) is 2.43. The van der Waals surface area contributed by atoms with Crippen molar-refractivity contribution < 1.29 is 4.79 Å². The molecule has 1 aliphatic heterocycles. The molecule has 0 spiro atoms. The number of hydrazine groups is 1. The van der Waals surface area contributed by atoms with Gasteiger partial charge in [-0.3, -0.25) is 9.80 Å².